The molecular formula is C27H45FO4. The van der Waals surface area contributed by atoms with Gasteiger partial charge >= 0.3 is 0 Å². The summed E-state index contributed by atoms with van der Waals surface area (Å²) >= 11 is 0. The molecule has 0 aromatic carbocycles. The number of rotatable bonds is 7. The molecule has 0 radical (unpaired) electrons. The highest BCUT2D eigenvalue weighted by Gasteiger charge is 2.50. The zero-order valence-electron chi connectivity index (χ0n) is 20.5. The van der Waals surface area contributed by atoms with Gasteiger partial charge in [0, 0.05) is 0 Å². The van der Waals surface area contributed by atoms with Gasteiger partial charge in [0.15, 0.2) is 0 Å². The molecule has 3 aliphatic rings. The van der Waals surface area contributed by atoms with Gasteiger partial charge in [0.25, 0.3) is 0 Å². The predicted molar refractivity (Wildman–Crippen MR) is 126 cm³/mol. The summed E-state index contributed by atoms with van der Waals surface area (Å²) in [7, 11) is 0. The second-order valence-electron chi connectivity index (χ2n) is 11.9. The number of fused-ring (bicyclic) bond motifs is 1. The fourth-order valence-electron chi connectivity index (χ4n) is 6.97. The van der Waals surface area contributed by atoms with E-state index in [9.17, 15) is 24.8 Å². The normalized spacial score (nSPS) is 40.4. The zero-order valence-corrected chi connectivity index (χ0v) is 20.5. The molecule has 0 spiro atoms. The van der Waals surface area contributed by atoms with Crippen molar-refractivity contribution in [1.82, 2.24) is 0 Å². The van der Waals surface area contributed by atoms with E-state index in [2.05, 4.69) is 19.9 Å². The van der Waals surface area contributed by atoms with Crippen LogP contribution in [0.25, 0.3) is 0 Å². The fraction of sp³-hybridized carbons (Fsp3) is 0.852. The summed E-state index contributed by atoms with van der Waals surface area (Å²) in [6.07, 6.45) is 11.1. The maximum Gasteiger partial charge on any atom is 0.145 e. The van der Waals surface area contributed by atoms with Gasteiger partial charge in [0.1, 0.15) is 12.3 Å². The molecule has 0 bridgehead atoms. The summed E-state index contributed by atoms with van der Waals surface area (Å²) < 4.78 is 13.2. The quantitative estimate of drug-likeness (QED) is 0.445. The van der Waals surface area contributed by atoms with Crippen LogP contribution in [0.3, 0.4) is 0 Å². The van der Waals surface area contributed by atoms with Crippen LogP contribution in [0.5, 0.6) is 0 Å². The Morgan fingerprint density at radius 2 is 1.81 bits per heavy atom. The van der Waals surface area contributed by atoms with Crippen LogP contribution in [0.4, 0.5) is 4.39 Å². The summed E-state index contributed by atoms with van der Waals surface area (Å²) in [6.45, 7) is 7.50. The Labute approximate surface area is 193 Å². The highest BCUT2D eigenvalue weighted by Crippen LogP contribution is 2.60. The Morgan fingerprint density at radius 1 is 1.16 bits per heavy atom. The Morgan fingerprint density at radius 3 is 2.41 bits per heavy atom. The average Bonchev–Trinajstić information content (AvgIpc) is 3.06. The summed E-state index contributed by atoms with van der Waals surface area (Å²) in [4.78, 5) is 0. The molecule has 6 atom stereocenters. The molecule has 0 amide bonds. The summed E-state index contributed by atoms with van der Waals surface area (Å²) in [6, 6.07) is 0. The fourth-order valence-corrected chi connectivity index (χ4v) is 6.97. The van der Waals surface area contributed by atoms with Crippen molar-refractivity contribution in [2.75, 3.05) is 6.67 Å². The maximum atomic E-state index is 13.2. The highest BCUT2D eigenvalue weighted by atomic mass is 19.1. The molecule has 5 heteroatoms. The Hall–Kier alpha value is -0.750. The maximum absolute atomic E-state index is 13.2. The topological polar surface area (TPSA) is 80.9 Å². The third-order valence-corrected chi connectivity index (χ3v) is 8.99. The smallest absolute Gasteiger partial charge is 0.145 e. The Balaban J connectivity index is 1.68. The Kier molecular flexibility index (Phi) is 7.96. The van der Waals surface area contributed by atoms with Crippen molar-refractivity contribution in [2.45, 2.75) is 115 Å². The van der Waals surface area contributed by atoms with Crippen molar-refractivity contribution in [3.05, 3.63) is 23.3 Å². The van der Waals surface area contributed by atoms with Gasteiger partial charge in [-0.2, -0.15) is 0 Å². The number of alkyl halides is 1. The van der Waals surface area contributed by atoms with E-state index < -0.39 is 30.1 Å². The van der Waals surface area contributed by atoms with E-state index in [4.69, 9.17) is 0 Å². The van der Waals surface area contributed by atoms with Gasteiger partial charge in [-0.3, -0.25) is 0 Å². The lowest BCUT2D eigenvalue weighted by Crippen LogP contribution is -2.57. The molecule has 0 heterocycles. The predicted octanol–water partition coefficient (Wildman–Crippen LogP) is 4.85. The molecule has 0 aromatic rings. The van der Waals surface area contributed by atoms with E-state index in [-0.39, 0.29) is 12.8 Å². The number of hydrogen-bond acceptors (Lipinski definition) is 4. The van der Waals surface area contributed by atoms with Crippen LogP contribution >= 0.6 is 0 Å². The monoisotopic (exact) mass is 452 g/mol. The molecule has 32 heavy (non-hydrogen) atoms. The minimum atomic E-state index is -2.05. The lowest BCUT2D eigenvalue weighted by Gasteiger charge is -2.44. The molecule has 3 fully saturated rings. The van der Waals surface area contributed by atoms with Crippen LogP contribution in [-0.4, -0.2) is 50.5 Å². The zero-order chi connectivity index (χ0) is 23.7. The summed E-state index contributed by atoms with van der Waals surface area (Å²) in [5, 5.41) is 40.6. The van der Waals surface area contributed by atoms with Gasteiger partial charge in [0.05, 0.1) is 17.8 Å². The molecular weight excluding hydrogens is 407 g/mol. The standard InChI is InChI=1S/C27H45FO4/c1-18(7-5-13-25(2,3)31)21-11-12-22-20(8-6-14-26(21,22)4)10-9-19-15-23(29)27(32,17-28)24(30)16-19/h9-10,18,21-24,29-32H,5-8,11-17H2,1-4H3/b19-9?,20-10-/t18-,21+,22-,23+,24+,26+,27?/m0/s1. The number of hydrogen-bond donors (Lipinski definition) is 4. The van der Waals surface area contributed by atoms with Gasteiger partial charge < -0.3 is 20.4 Å². The van der Waals surface area contributed by atoms with Crippen LogP contribution in [0.15, 0.2) is 23.3 Å². The van der Waals surface area contributed by atoms with Gasteiger partial charge in [-0.1, -0.05) is 50.0 Å². The van der Waals surface area contributed by atoms with Crippen molar-refractivity contribution in [3.63, 3.8) is 0 Å². The highest BCUT2D eigenvalue weighted by molar-refractivity contribution is 5.27. The first-order chi connectivity index (χ1) is 14.9. The van der Waals surface area contributed by atoms with Crippen molar-refractivity contribution < 1.29 is 24.8 Å². The second-order valence-corrected chi connectivity index (χ2v) is 11.9. The molecule has 3 aliphatic carbocycles. The molecule has 0 saturated heterocycles. The minimum absolute atomic E-state index is 0.198. The molecule has 0 aliphatic heterocycles. The van der Waals surface area contributed by atoms with Crippen LogP contribution in [0.2, 0.25) is 0 Å². The number of halogens is 1. The number of aliphatic hydroxyl groups is 4. The van der Waals surface area contributed by atoms with E-state index >= 15 is 0 Å². The number of aliphatic hydroxyl groups excluding tert-OH is 2. The van der Waals surface area contributed by atoms with Gasteiger partial charge in [0.2, 0.25) is 0 Å². The van der Waals surface area contributed by atoms with Crippen molar-refractivity contribution in [1.29, 1.82) is 0 Å². The summed E-state index contributed by atoms with van der Waals surface area (Å²) in [5.74, 6) is 1.91. The average molecular weight is 453 g/mol. The van der Waals surface area contributed by atoms with Crippen LogP contribution in [0.1, 0.15) is 91.9 Å². The molecule has 0 aromatic heterocycles. The first kappa shape index (κ1) is 25.9. The lowest BCUT2D eigenvalue weighted by molar-refractivity contribution is -0.165. The van der Waals surface area contributed by atoms with Crippen molar-refractivity contribution in [3.8, 4) is 0 Å². The molecule has 4 nitrogen and oxygen atoms in total. The molecule has 3 saturated carbocycles. The molecule has 184 valence electrons. The molecule has 3 rings (SSSR count). The van der Waals surface area contributed by atoms with Crippen LogP contribution < -0.4 is 0 Å². The van der Waals surface area contributed by atoms with E-state index in [1.807, 2.05) is 19.9 Å². The first-order valence-electron chi connectivity index (χ1n) is 12.7. The van der Waals surface area contributed by atoms with Crippen LogP contribution in [0, 0.1) is 23.2 Å². The largest absolute Gasteiger partial charge is 0.390 e. The van der Waals surface area contributed by atoms with Crippen LogP contribution in [-0.2, 0) is 0 Å². The van der Waals surface area contributed by atoms with E-state index in [1.54, 1.807) is 0 Å². The van der Waals surface area contributed by atoms with Crippen molar-refractivity contribution in [2.24, 2.45) is 23.2 Å². The first-order valence-corrected chi connectivity index (χ1v) is 12.7. The Bertz CT molecular complexity index is 695. The molecule has 0 unspecified atom stereocenters. The third kappa shape index (κ3) is 5.32. The third-order valence-electron chi connectivity index (χ3n) is 8.99. The van der Waals surface area contributed by atoms with Gasteiger partial charge in [-0.05, 0) is 88.4 Å². The minimum Gasteiger partial charge on any atom is -0.390 e. The van der Waals surface area contributed by atoms with Gasteiger partial charge in [-0.25, -0.2) is 4.39 Å². The van der Waals surface area contributed by atoms with Gasteiger partial charge in [-0.15, -0.1) is 0 Å². The van der Waals surface area contributed by atoms with E-state index in [1.165, 1.54) is 31.3 Å². The summed E-state index contributed by atoms with van der Waals surface area (Å²) in [5.41, 5.74) is 0.00579. The number of allylic oxidation sites excluding steroid dienone is 3. The second kappa shape index (κ2) is 9.85. The van der Waals surface area contributed by atoms with Crippen molar-refractivity contribution >= 4 is 0 Å². The molecule has 4 N–H and O–H groups in total. The van der Waals surface area contributed by atoms with E-state index in [0.29, 0.717) is 23.2 Å². The SMILES string of the molecule is C[C@@H](CCCC(C)(C)O)[C@H]1CC[C@H]2/C(=C\C=C3C[C@@H](O)C(O)(CF)[C@H](O)C3)CCC[C@]12C. The van der Waals surface area contributed by atoms with E-state index in [0.717, 1.165) is 31.3 Å². The lowest BCUT2D eigenvalue weighted by atomic mass is 9.60.